The summed E-state index contributed by atoms with van der Waals surface area (Å²) in [6.45, 7) is 0. The first kappa shape index (κ1) is 9.87. The van der Waals surface area contributed by atoms with Crippen LogP contribution < -0.4 is 0 Å². The van der Waals surface area contributed by atoms with Crippen molar-refractivity contribution in [2.24, 2.45) is 0 Å². The Morgan fingerprint density at radius 1 is 1.19 bits per heavy atom. The fraction of sp³-hybridized carbons (Fsp3) is 0.667. The van der Waals surface area contributed by atoms with E-state index in [4.69, 9.17) is 9.52 Å². The van der Waals surface area contributed by atoms with Crippen molar-refractivity contribution < 1.29 is 14.3 Å². The molecule has 1 aromatic heterocycles. The highest BCUT2D eigenvalue weighted by Gasteiger charge is 2.35. The van der Waals surface area contributed by atoms with Crippen LogP contribution >= 0.6 is 0 Å². The summed E-state index contributed by atoms with van der Waals surface area (Å²) in [5, 5.41) is 9.06. The highest BCUT2D eigenvalue weighted by atomic mass is 16.4. The third-order valence-corrected chi connectivity index (χ3v) is 3.53. The van der Waals surface area contributed by atoms with E-state index in [1.807, 2.05) is 0 Å². The summed E-state index contributed by atoms with van der Waals surface area (Å²) in [7, 11) is 0. The number of carbonyl (C=O) groups is 1. The Hall–Kier alpha value is -1.32. The predicted octanol–water partition coefficient (Wildman–Crippen LogP) is 2.91. The Balaban J connectivity index is 1.94. The maximum Gasteiger partial charge on any atom is 0.373 e. The van der Waals surface area contributed by atoms with E-state index in [1.54, 1.807) is 0 Å². The number of rotatable bonds is 3. The van der Waals surface area contributed by atoms with Crippen molar-refractivity contribution in [2.75, 3.05) is 0 Å². The minimum Gasteiger partial charge on any atom is -0.475 e. The first-order valence-corrected chi connectivity index (χ1v) is 5.99. The lowest BCUT2D eigenvalue weighted by atomic mass is 10.1. The van der Waals surface area contributed by atoms with Crippen molar-refractivity contribution in [3.8, 4) is 0 Å². The Morgan fingerprint density at radius 2 is 1.88 bits per heavy atom. The number of carboxylic acid groups (broad SMARTS) is 1. The Kier molecular flexibility index (Phi) is 2.23. The van der Waals surface area contributed by atoms with Crippen LogP contribution in [0.3, 0.4) is 0 Å². The van der Waals surface area contributed by atoms with Gasteiger partial charge in [0, 0.05) is 11.8 Å². The van der Waals surface area contributed by atoms with Crippen LogP contribution in [-0.2, 0) is 0 Å². The summed E-state index contributed by atoms with van der Waals surface area (Å²) < 4.78 is 5.45. The van der Waals surface area contributed by atoms with Crippen molar-refractivity contribution in [1.29, 1.82) is 0 Å². The lowest BCUT2D eigenvalue weighted by Gasteiger charge is -2.00. The molecule has 0 aromatic carbocycles. The van der Waals surface area contributed by atoms with Gasteiger partial charge in [0.25, 0.3) is 0 Å². The van der Waals surface area contributed by atoms with E-state index in [9.17, 15) is 4.79 Å². The van der Waals surface area contributed by atoms with E-state index < -0.39 is 5.97 Å². The largest absolute Gasteiger partial charge is 0.475 e. The van der Waals surface area contributed by atoms with E-state index >= 15 is 0 Å². The summed E-state index contributed by atoms with van der Waals surface area (Å²) in [6.07, 6.45) is 6.68. The lowest BCUT2D eigenvalue weighted by Crippen LogP contribution is -1.98. The third-order valence-electron chi connectivity index (χ3n) is 3.53. The normalized spacial score (nSPS) is 21.5. The second-order valence-corrected chi connectivity index (χ2v) is 4.83. The Labute approximate surface area is 93.7 Å². The number of hydrogen-bond donors (Lipinski definition) is 1. The molecule has 0 radical (unpaired) electrons. The van der Waals surface area contributed by atoms with Gasteiger partial charge < -0.3 is 9.52 Å². The SMILES string of the molecule is O=C(O)c1oc(C2CCCC2)nc1C1CC1. The molecule has 0 atom stereocenters. The third kappa shape index (κ3) is 1.62. The zero-order valence-electron chi connectivity index (χ0n) is 9.11. The van der Waals surface area contributed by atoms with Crippen molar-refractivity contribution in [1.82, 2.24) is 4.98 Å². The van der Waals surface area contributed by atoms with Gasteiger partial charge in [-0.05, 0) is 25.7 Å². The van der Waals surface area contributed by atoms with E-state index in [-0.39, 0.29) is 5.76 Å². The van der Waals surface area contributed by atoms with Gasteiger partial charge in [0.1, 0.15) is 0 Å². The molecule has 0 aliphatic heterocycles. The van der Waals surface area contributed by atoms with Crippen LogP contribution in [0.4, 0.5) is 0 Å². The van der Waals surface area contributed by atoms with E-state index in [0.29, 0.717) is 23.4 Å². The van der Waals surface area contributed by atoms with Gasteiger partial charge in [-0.2, -0.15) is 0 Å². The van der Waals surface area contributed by atoms with Gasteiger partial charge in [-0.3, -0.25) is 0 Å². The highest BCUT2D eigenvalue weighted by molar-refractivity contribution is 5.86. The van der Waals surface area contributed by atoms with Crippen LogP contribution in [0.1, 0.15) is 72.5 Å². The van der Waals surface area contributed by atoms with E-state index in [0.717, 1.165) is 25.7 Å². The molecule has 1 N–H and O–H groups in total. The van der Waals surface area contributed by atoms with Gasteiger partial charge in [-0.25, -0.2) is 9.78 Å². The van der Waals surface area contributed by atoms with Crippen molar-refractivity contribution in [3.05, 3.63) is 17.3 Å². The van der Waals surface area contributed by atoms with Crippen molar-refractivity contribution in [3.63, 3.8) is 0 Å². The maximum atomic E-state index is 11.0. The first-order valence-electron chi connectivity index (χ1n) is 5.99. The zero-order valence-corrected chi connectivity index (χ0v) is 9.11. The predicted molar refractivity (Wildman–Crippen MR) is 56.6 cm³/mol. The molecule has 2 saturated carbocycles. The molecule has 0 bridgehead atoms. The van der Waals surface area contributed by atoms with Crippen LogP contribution in [0.15, 0.2) is 4.42 Å². The van der Waals surface area contributed by atoms with Crippen LogP contribution in [0.2, 0.25) is 0 Å². The van der Waals surface area contributed by atoms with Gasteiger partial charge in [-0.15, -0.1) is 0 Å². The minimum atomic E-state index is -0.973. The van der Waals surface area contributed by atoms with Gasteiger partial charge in [0.15, 0.2) is 5.89 Å². The molecule has 2 aliphatic carbocycles. The lowest BCUT2D eigenvalue weighted by molar-refractivity contribution is 0.0658. The number of nitrogens with zero attached hydrogens (tertiary/aromatic N) is 1. The van der Waals surface area contributed by atoms with E-state index in [1.165, 1.54) is 12.8 Å². The molecule has 4 nitrogen and oxygen atoms in total. The Morgan fingerprint density at radius 3 is 2.44 bits per heavy atom. The van der Waals surface area contributed by atoms with Crippen LogP contribution in [-0.4, -0.2) is 16.1 Å². The Bertz CT molecular complexity index is 414. The van der Waals surface area contributed by atoms with Crippen LogP contribution in [0, 0.1) is 0 Å². The molecule has 1 aromatic rings. The van der Waals surface area contributed by atoms with Gasteiger partial charge in [-0.1, -0.05) is 12.8 Å². The fourth-order valence-corrected chi connectivity index (χ4v) is 2.48. The smallest absolute Gasteiger partial charge is 0.373 e. The van der Waals surface area contributed by atoms with Crippen molar-refractivity contribution in [2.45, 2.75) is 50.4 Å². The molecule has 0 spiro atoms. The first-order chi connectivity index (χ1) is 7.75. The molecule has 2 aliphatic rings. The minimum absolute atomic E-state index is 0.0874. The molecule has 1 heterocycles. The standard InChI is InChI=1S/C12H15NO3/c14-12(15)10-9(7-5-6-7)13-11(16-10)8-3-1-2-4-8/h7-8H,1-6H2,(H,14,15). The quantitative estimate of drug-likeness (QED) is 0.852. The molecular formula is C12H15NO3. The average molecular weight is 221 g/mol. The average Bonchev–Trinajstić information content (AvgIpc) is 2.83. The number of hydrogen-bond acceptors (Lipinski definition) is 3. The second-order valence-electron chi connectivity index (χ2n) is 4.83. The van der Waals surface area contributed by atoms with Gasteiger partial charge in [0.2, 0.25) is 5.76 Å². The summed E-state index contributed by atoms with van der Waals surface area (Å²) in [4.78, 5) is 15.5. The molecule has 0 saturated heterocycles. The maximum absolute atomic E-state index is 11.0. The molecule has 0 amide bonds. The second kappa shape index (κ2) is 3.61. The monoisotopic (exact) mass is 221 g/mol. The van der Waals surface area contributed by atoms with E-state index in [2.05, 4.69) is 4.98 Å². The molecule has 2 fully saturated rings. The number of oxazole rings is 1. The summed E-state index contributed by atoms with van der Waals surface area (Å²) in [6, 6.07) is 0. The molecule has 0 unspecified atom stereocenters. The van der Waals surface area contributed by atoms with Crippen LogP contribution in [0.25, 0.3) is 0 Å². The number of aromatic carboxylic acids is 1. The number of carboxylic acids is 1. The molecular weight excluding hydrogens is 206 g/mol. The fourth-order valence-electron chi connectivity index (χ4n) is 2.48. The summed E-state index contributed by atoms with van der Waals surface area (Å²) in [5.74, 6) is 0.468. The topological polar surface area (TPSA) is 63.3 Å². The number of aromatic nitrogens is 1. The zero-order chi connectivity index (χ0) is 11.1. The molecule has 3 rings (SSSR count). The highest BCUT2D eigenvalue weighted by Crippen LogP contribution is 2.43. The molecule has 86 valence electrons. The molecule has 16 heavy (non-hydrogen) atoms. The summed E-state index contributed by atoms with van der Waals surface area (Å²) in [5.41, 5.74) is 0.689. The van der Waals surface area contributed by atoms with Gasteiger partial charge in [0.05, 0.1) is 5.69 Å². The molecule has 4 heteroatoms. The summed E-state index contributed by atoms with van der Waals surface area (Å²) >= 11 is 0. The van der Waals surface area contributed by atoms with Crippen LogP contribution in [0.5, 0.6) is 0 Å². The van der Waals surface area contributed by atoms with Crippen molar-refractivity contribution >= 4 is 5.97 Å². The van der Waals surface area contributed by atoms with Gasteiger partial charge >= 0.3 is 5.97 Å².